The van der Waals surface area contributed by atoms with Crippen molar-refractivity contribution in [2.24, 2.45) is 0 Å². The second-order valence-electron chi connectivity index (χ2n) is 4.70. The van der Waals surface area contributed by atoms with E-state index in [2.05, 4.69) is 0 Å². The predicted octanol–water partition coefficient (Wildman–Crippen LogP) is 3.26. The average molecular weight is 271 g/mol. The highest BCUT2D eigenvalue weighted by molar-refractivity contribution is 5.46. The van der Waals surface area contributed by atoms with E-state index in [1.54, 1.807) is 0 Å². The molecule has 0 spiro atoms. The minimum absolute atomic E-state index is 0.522. The van der Waals surface area contributed by atoms with Crippen molar-refractivity contribution in [3.05, 3.63) is 60.2 Å². The number of benzene rings is 2. The van der Waals surface area contributed by atoms with Gasteiger partial charge in [0.15, 0.2) is 0 Å². The molecule has 20 heavy (non-hydrogen) atoms. The van der Waals surface area contributed by atoms with Gasteiger partial charge in [-0.15, -0.1) is 0 Å². The van der Waals surface area contributed by atoms with Crippen molar-refractivity contribution >= 4 is 5.69 Å². The fourth-order valence-corrected chi connectivity index (χ4v) is 2.19. The smallest absolute Gasteiger partial charge is 0.125 e. The Balaban J connectivity index is 2.10. The number of aliphatic hydroxyl groups is 1. The summed E-state index contributed by atoms with van der Waals surface area (Å²) in [5.74, 6) is 0.754. The molecule has 0 heterocycles. The van der Waals surface area contributed by atoms with Crippen molar-refractivity contribution in [2.45, 2.75) is 13.0 Å². The summed E-state index contributed by atoms with van der Waals surface area (Å²) in [6, 6.07) is 17.7. The van der Waals surface area contributed by atoms with Crippen molar-refractivity contribution in [1.82, 2.24) is 0 Å². The van der Waals surface area contributed by atoms with E-state index in [1.165, 1.54) is 0 Å². The van der Waals surface area contributed by atoms with E-state index >= 15 is 0 Å². The molecule has 3 heteroatoms. The van der Waals surface area contributed by atoms with Gasteiger partial charge in [-0.3, -0.25) is 0 Å². The van der Waals surface area contributed by atoms with Gasteiger partial charge >= 0.3 is 0 Å². The van der Waals surface area contributed by atoms with Gasteiger partial charge in [0.1, 0.15) is 5.75 Å². The standard InChI is InChI=1S/C17H21NO2/c1-3-20-17-12-8-7-11-15(17)16(19)13-18(2)14-9-5-4-6-10-14/h4-12,16,19H,3,13H2,1-2H3. The van der Waals surface area contributed by atoms with Gasteiger partial charge in [-0.1, -0.05) is 36.4 Å². The maximum atomic E-state index is 10.4. The van der Waals surface area contributed by atoms with Crippen LogP contribution in [0.2, 0.25) is 0 Å². The van der Waals surface area contributed by atoms with Crippen molar-refractivity contribution < 1.29 is 9.84 Å². The van der Waals surface area contributed by atoms with Crippen LogP contribution in [0.15, 0.2) is 54.6 Å². The first-order chi connectivity index (χ1) is 9.72. The second-order valence-corrected chi connectivity index (χ2v) is 4.70. The highest BCUT2D eigenvalue weighted by Gasteiger charge is 2.15. The number of nitrogens with zero attached hydrogens (tertiary/aromatic N) is 1. The topological polar surface area (TPSA) is 32.7 Å². The van der Waals surface area contributed by atoms with Crippen LogP contribution in [0.5, 0.6) is 5.75 Å². The Kier molecular flexibility index (Phi) is 5.02. The molecule has 0 saturated heterocycles. The summed E-state index contributed by atoms with van der Waals surface area (Å²) in [6.07, 6.45) is -0.581. The highest BCUT2D eigenvalue weighted by Crippen LogP contribution is 2.26. The Hall–Kier alpha value is -2.00. The number of hydrogen-bond donors (Lipinski definition) is 1. The zero-order valence-electron chi connectivity index (χ0n) is 12.0. The SMILES string of the molecule is CCOc1ccccc1C(O)CN(C)c1ccccc1. The summed E-state index contributed by atoms with van der Waals surface area (Å²) in [4.78, 5) is 2.04. The van der Waals surface area contributed by atoms with Crippen LogP contribution in [0.4, 0.5) is 5.69 Å². The van der Waals surface area contributed by atoms with E-state index in [0.29, 0.717) is 13.2 Å². The van der Waals surface area contributed by atoms with Gasteiger partial charge in [0, 0.05) is 24.8 Å². The van der Waals surface area contributed by atoms with E-state index in [-0.39, 0.29) is 0 Å². The molecule has 0 aliphatic carbocycles. The molecule has 3 nitrogen and oxygen atoms in total. The molecule has 0 saturated carbocycles. The second kappa shape index (κ2) is 6.96. The van der Waals surface area contributed by atoms with Crippen molar-refractivity contribution in [2.75, 3.05) is 25.1 Å². The zero-order valence-corrected chi connectivity index (χ0v) is 12.0. The van der Waals surface area contributed by atoms with Crippen LogP contribution in [0, 0.1) is 0 Å². The lowest BCUT2D eigenvalue weighted by Crippen LogP contribution is -2.24. The van der Waals surface area contributed by atoms with Crippen LogP contribution in [-0.4, -0.2) is 25.3 Å². The van der Waals surface area contributed by atoms with Gasteiger partial charge < -0.3 is 14.7 Å². The van der Waals surface area contributed by atoms with Gasteiger partial charge in [-0.05, 0) is 25.1 Å². The first kappa shape index (κ1) is 14.4. The lowest BCUT2D eigenvalue weighted by molar-refractivity contribution is 0.178. The normalized spacial score (nSPS) is 11.9. The Morgan fingerprint density at radius 1 is 1.05 bits per heavy atom. The molecule has 0 fully saturated rings. The molecule has 0 radical (unpaired) electrons. The van der Waals surface area contributed by atoms with E-state index in [4.69, 9.17) is 4.74 Å². The lowest BCUT2D eigenvalue weighted by Gasteiger charge is -2.24. The fourth-order valence-electron chi connectivity index (χ4n) is 2.19. The summed E-state index contributed by atoms with van der Waals surface area (Å²) >= 11 is 0. The molecular weight excluding hydrogens is 250 g/mol. The third kappa shape index (κ3) is 3.52. The zero-order chi connectivity index (χ0) is 14.4. The number of anilines is 1. The van der Waals surface area contributed by atoms with Crippen LogP contribution in [0.25, 0.3) is 0 Å². The number of aliphatic hydroxyl groups excluding tert-OH is 1. The number of ether oxygens (including phenoxy) is 1. The first-order valence-corrected chi connectivity index (χ1v) is 6.88. The van der Waals surface area contributed by atoms with Gasteiger partial charge in [-0.25, -0.2) is 0 Å². The number of rotatable bonds is 6. The summed E-state index contributed by atoms with van der Waals surface area (Å²) < 4.78 is 5.57. The van der Waals surface area contributed by atoms with Crippen LogP contribution in [0.1, 0.15) is 18.6 Å². The molecule has 1 N–H and O–H groups in total. The Bertz CT molecular complexity index is 528. The predicted molar refractivity (Wildman–Crippen MR) is 82.3 cm³/mol. The maximum absolute atomic E-state index is 10.4. The third-order valence-electron chi connectivity index (χ3n) is 3.22. The molecule has 2 rings (SSSR count). The number of hydrogen-bond acceptors (Lipinski definition) is 3. The number of para-hydroxylation sites is 2. The van der Waals surface area contributed by atoms with Crippen LogP contribution >= 0.6 is 0 Å². The number of likely N-dealkylation sites (N-methyl/N-ethyl adjacent to an activating group) is 1. The monoisotopic (exact) mass is 271 g/mol. The van der Waals surface area contributed by atoms with E-state index in [0.717, 1.165) is 17.0 Å². The minimum atomic E-state index is -0.581. The fraction of sp³-hybridized carbons (Fsp3) is 0.294. The molecule has 106 valence electrons. The lowest BCUT2D eigenvalue weighted by atomic mass is 10.1. The quantitative estimate of drug-likeness (QED) is 0.875. The van der Waals surface area contributed by atoms with Gasteiger partial charge in [0.25, 0.3) is 0 Å². The van der Waals surface area contributed by atoms with E-state index in [9.17, 15) is 5.11 Å². The summed E-state index contributed by atoms with van der Waals surface area (Å²) in [7, 11) is 1.97. The van der Waals surface area contributed by atoms with Crippen LogP contribution in [-0.2, 0) is 0 Å². The Morgan fingerprint density at radius 3 is 2.40 bits per heavy atom. The van der Waals surface area contributed by atoms with Crippen LogP contribution < -0.4 is 9.64 Å². The van der Waals surface area contributed by atoms with Gasteiger partial charge in [0.2, 0.25) is 0 Å². The van der Waals surface area contributed by atoms with Crippen molar-refractivity contribution in [3.63, 3.8) is 0 Å². The van der Waals surface area contributed by atoms with Crippen molar-refractivity contribution in [3.8, 4) is 5.75 Å². The molecular formula is C17H21NO2. The molecule has 0 bridgehead atoms. The molecule has 0 amide bonds. The summed E-state index contributed by atoms with van der Waals surface area (Å²) in [6.45, 7) is 3.06. The van der Waals surface area contributed by atoms with Gasteiger partial charge in [0.05, 0.1) is 12.7 Å². The summed E-state index contributed by atoms with van der Waals surface area (Å²) in [5, 5.41) is 10.4. The van der Waals surface area contributed by atoms with E-state index in [1.807, 2.05) is 73.5 Å². The molecule has 0 aliphatic heterocycles. The molecule has 0 aromatic heterocycles. The van der Waals surface area contributed by atoms with Crippen molar-refractivity contribution in [1.29, 1.82) is 0 Å². The maximum Gasteiger partial charge on any atom is 0.125 e. The van der Waals surface area contributed by atoms with Crippen LogP contribution in [0.3, 0.4) is 0 Å². The molecule has 1 atom stereocenters. The highest BCUT2D eigenvalue weighted by atomic mass is 16.5. The Morgan fingerprint density at radius 2 is 1.70 bits per heavy atom. The van der Waals surface area contributed by atoms with Gasteiger partial charge in [-0.2, -0.15) is 0 Å². The largest absolute Gasteiger partial charge is 0.493 e. The van der Waals surface area contributed by atoms with E-state index < -0.39 is 6.10 Å². The molecule has 0 aliphatic rings. The Labute approximate surface area is 120 Å². The average Bonchev–Trinajstić information content (AvgIpc) is 2.49. The molecule has 1 unspecified atom stereocenters. The summed E-state index contributed by atoms with van der Waals surface area (Å²) in [5.41, 5.74) is 1.91. The third-order valence-corrected chi connectivity index (χ3v) is 3.22. The first-order valence-electron chi connectivity index (χ1n) is 6.88. The minimum Gasteiger partial charge on any atom is -0.493 e. The molecule has 2 aromatic rings. The molecule has 2 aromatic carbocycles.